The number of fused-ring (bicyclic) bond motifs is 1. The number of H-pyrrole nitrogens is 1. The molecule has 3 aliphatic heterocycles. The van der Waals surface area contributed by atoms with Gasteiger partial charge in [-0.3, -0.25) is 19.4 Å². The highest BCUT2D eigenvalue weighted by Gasteiger charge is 2.39. The summed E-state index contributed by atoms with van der Waals surface area (Å²) < 4.78 is 4.75. The molecule has 2 fully saturated rings. The van der Waals surface area contributed by atoms with Crippen molar-refractivity contribution in [2.75, 3.05) is 26.8 Å². The second-order valence-corrected chi connectivity index (χ2v) is 15.1. The number of aromatic amines is 1. The minimum absolute atomic E-state index is 0.113. The Kier molecular flexibility index (Phi) is 12.6. The van der Waals surface area contributed by atoms with E-state index in [2.05, 4.69) is 44.3 Å². The Bertz CT molecular complexity index is 2160. The molecule has 6 rings (SSSR count). The molecule has 0 saturated carbocycles. The predicted molar refractivity (Wildman–Crippen MR) is 212 cm³/mol. The molecule has 3 aromatic rings. The first-order valence-corrected chi connectivity index (χ1v) is 19.2. The van der Waals surface area contributed by atoms with E-state index >= 15 is 0 Å². The standard InChI is InChI=1S/C43H49N7O6/c1-26(2)38(47-37(52)25-51)41(53)49-20-6-8-35(49)34-23-31(24-44-34)17-15-29-12-10-28(11-13-29)14-16-30-18-19-32-33(22-30)46-40(45-32)36-9-7-21-50(36)42(54)39(27(3)4)48-43(55)56-5/h10-13,18-19,22,24,26-27,35-36,38-39,51H,6-9,20-21,23,25H2,1-5H3,(H,45,46)(H,47,52)(H,48,55). The second kappa shape index (κ2) is 17.7. The molecule has 0 aliphatic carbocycles. The van der Waals surface area contributed by atoms with Gasteiger partial charge in [0.1, 0.15) is 24.5 Å². The van der Waals surface area contributed by atoms with Crippen molar-refractivity contribution in [1.29, 1.82) is 0 Å². The summed E-state index contributed by atoms with van der Waals surface area (Å²) in [4.78, 5) is 67.2. The van der Waals surface area contributed by atoms with Crippen LogP contribution >= 0.6 is 0 Å². The molecule has 56 heavy (non-hydrogen) atoms. The van der Waals surface area contributed by atoms with Crippen molar-refractivity contribution < 1.29 is 29.0 Å². The van der Waals surface area contributed by atoms with Crippen LogP contribution in [0.4, 0.5) is 4.79 Å². The van der Waals surface area contributed by atoms with Gasteiger partial charge in [-0.15, -0.1) is 0 Å². The largest absolute Gasteiger partial charge is 0.453 e. The lowest BCUT2D eigenvalue weighted by Crippen LogP contribution is -2.54. The van der Waals surface area contributed by atoms with Gasteiger partial charge >= 0.3 is 6.09 Å². The Balaban J connectivity index is 1.06. The summed E-state index contributed by atoms with van der Waals surface area (Å²) in [5, 5.41) is 14.5. The number of aliphatic hydroxyl groups excluding tert-OH is 1. The molecule has 13 heteroatoms. The smallest absolute Gasteiger partial charge is 0.407 e. The summed E-state index contributed by atoms with van der Waals surface area (Å²) in [6.45, 7) is 8.05. The number of hydrogen-bond acceptors (Lipinski definition) is 8. The van der Waals surface area contributed by atoms with Crippen molar-refractivity contribution in [3.63, 3.8) is 0 Å². The molecule has 4 amide bonds. The van der Waals surface area contributed by atoms with Crippen LogP contribution in [0, 0.1) is 35.5 Å². The summed E-state index contributed by atoms with van der Waals surface area (Å²) in [6, 6.07) is 11.8. The van der Waals surface area contributed by atoms with Crippen LogP contribution in [0.15, 0.2) is 59.2 Å². The van der Waals surface area contributed by atoms with Crippen LogP contribution in [0.3, 0.4) is 0 Å². The van der Waals surface area contributed by atoms with Gasteiger partial charge in [0.25, 0.3) is 0 Å². The lowest BCUT2D eigenvalue weighted by molar-refractivity contribution is -0.138. The van der Waals surface area contributed by atoms with Crippen LogP contribution in [-0.4, -0.2) is 99.3 Å². The molecular weight excluding hydrogens is 711 g/mol. The van der Waals surface area contributed by atoms with E-state index in [4.69, 9.17) is 9.72 Å². The Morgan fingerprint density at radius 3 is 2.04 bits per heavy atom. The molecule has 4 atom stereocenters. The third-order valence-electron chi connectivity index (χ3n) is 10.4. The molecule has 292 valence electrons. The number of aromatic nitrogens is 2. The molecule has 1 aromatic heterocycles. The van der Waals surface area contributed by atoms with Crippen LogP contribution in [0.5, 0.6) is 0 Å². The number of aliphatic imine (C=N–C) groups is 1. The van der Waals surface area contributed by atoms with Gasteiger partial charge in [0.2, 0.25) is 17.7 Å². The molecule has 3 aliphatic rings. The molecular formula is C43H49N7O6. The zero-order chi connectivity index (χ0) is 39.9. The minimum atomic E-state index is -0.706. The minimum Gasteiger partial charge on any atom is -0.453 e. The molecule has 4 unspecified atom stereocenters. The van der Waals surface area contributed by atoms with E-state index in [1.165, 1.54) is 7.11 Å². The normalized spacial score (nSPS) is 18.8. The number of carbonyl (C=O) groups is 4. The Hall–Kier alpha value is -5.92. The van der Waals surface area contributed by atoms with Crippen LogP contribution in [0.25, 0.3) is 11.0 Å². The number of hydrogen-bond donors (Lipinski definition) is 4. The Morgan fingerprint density at radius 2 is 1.41 bits per heavy atom. The van der Waals surface area contributed by atoms with E-state index in [1.54, 1.807) is 16.0 Å². The van der Waals surface area contributed by atoms with Gasteiger partial charge in [0.15, 0.2) is 0 Å². The van der Waals surface area contributed by atoms with Crippen molar-refractivity contribution in [3.8, 4) is 23.7 Å². The van der Waals surface area contributed by atoms with E-state index in [-0.39, 0.29) is 35.7 Å². The first-order chi connectivity index (χ1) is 26.9. The molecule has 0 radical (unpaired) electrons. The monoisotopic (exact) mass is 759 g/mol. The summed E-state index contributed by atoms with van der Waals surface area (Å²) in [6.07, 6.45) is 4.96. The molecule has 0 spiro atoms. The number of rotatable bonds is 9. The van der Waals surface area contributed by atoms with E-state index in [9.17, 15) is 24.3 Å². The van der Waals surface area contributed by atoms with Gasteiger partial charge in [-0.2, -0.15) is 0 Å². The number of likely N-dealkylation sites (tertiary alicyclic amines) is 2. The predicted octanol–water partition coefficient (Wildman–Crippen LogP) is 4.21. The average Bonchev–Trinajstić information content (AvgIpc) is 4.03. The highest BCUT2D eigenvalue weighted by molar-refractivity contribution is 5.99. The van der Waals surface area contributed by atoms with Crippen LogP contribution in [-0.2, 0) is 19.1 Å². The first-order valence-electron chi connectivity index (χ1n) is 19.2. The van der Waals surface area contributed by atoms with Crippen molar-refractivity contribution >= 4 is 40.6 Å². The highest BCUT2D eigenvalue weighted by atomic mass is 16.5. The zero-order valence-corrected chi connectivity index (χ0v) is 32.5. The number of alkyl carbamates (subject to hydrolysis) is 1. The summed E-state index contributed by atoms with van der Waals surface area (Å²) in [5.41, 5.74) is 5.88. The lowest BCUT2D eigenvalue weighted by Gasteiger charge is -2.31. The number of carbonyl (C=O) groups excluding carboxylic acids is 4. The molecule has 4 N–H and O–H groups in total. The van der Waals surface area contributed by atoms with Gasteiger partial charge in [0, 0.05) is 53.7 Å². The number of nitrogens with one attached hydrogen (secondary N) is 3. The SMILES string of the molecule is COC(=O)NC(C(=O)N1CCCC1c1nc2ccc(C#Cc3ccc(C#CC4=CN=C(C5CCCN5C(=O)C(NC(=O)CO)C(C)C)C4)cc3)cc2[nH]1)C(C)C. The number of benzene rings is 2. The van der Waals surface area contributed by atoms with Gasteiger partial charge in [-0.05, 0) is 80.0 Å². The maximum Gasteiger partial charge on any atom is 0.407 e. The van der Waals surface area contributed by atoms with E-state index in [0.717, 1.165) is 64.7 Å². The molecule has 0 bridgehead atoms. The molecule has 13 nitrogen and oxygen atoms in total. The van der Waals surface area contributed by atoms with Crippen molar-refractivity contribution in [2.45, 2.75) is 84.0 Å². The summed E-state index contributed by atoms with van der Waals surface area (Å²) in [5.74, 6) is 12.5. The Labute approximate surface area is 327 Å². The van der Waals surface area contributed by atoms with E-state index < -0.39 is 30.7 Å². The first kappa shape index (κ1) is 39.8. The summed E-state index contributed by atoms with van der Waals surface area (Å²) >= 11 is 0. The maximum absolute atomic E-state index is 13.5. The van der Waals surface area contributed by atoms with Gasteiger partial charge in [-0.1, -0.05) is 51.4 Å². The molecule has 2 saturated heterocycles. The lowest BCUT2D eigenvalue weighted by atomic mass is 10.00. The quantitative estimate of drug-likeness (QED) is 0.237. The van der Waals surface area contributed by atoms with Gasteiger partial charge in [0.05, 0.1) is 30.2 Å². The number of nitrogens with zero attached hydrogens (tertiary/aromatic N) is 4. The van der Waals surface area contributed by atoms with Crippen LogP contribution in [0.2, 0.25) is 0 Å². The number of allylic oxidation sites excluding steroid dienone is 1. The number of methoxy groups -OCH3 is 1. The maximum atomic E-state index is 13.5. The van der Waals surface area contributed by atoms with Crippen LogP contribution in [0.1, 0.15) is 88.4 Å². The van der Waals surface area contributed by atoms with Gasteiger partial charge < -0.3 is 35.3 Å². The van der Waals surface area contributed by atoms with E-state index in [0.29, 0.717) is 25.3 Å². The fraction of sp³-hybridized carbons (Fsp3) is 0.442. The third-order valence-corrected chi connectivity index (χ3v) is 10.4. The Morgan fingerprint density at radius 1 is 0.839 bits per heavy atom. The number of imidazole rings is 1. The van der Waals surface area contributed by atoms with Crippen molar-refractivity contribution in [1.82, 2.24) is 30.4 Å². The number of ether oxygens (including phenoxy) is 1. The number of aliphatic hydroxyl groups is 1. The third kappa shape index (κ3) is 9.12. The van der Waals surface area contributed by atoms with E-state index in [1.807, 2.05) is 70.2 Å². The molecule has 4 heterocycles. The zero-order valence-electron chi connectivity index (χ0n) is 32.5. The fourth-order valence-electron chi connectivity index (χ4n) is 7.41. The van der Waals surface area contributed by atoms with Crippen molar-refractivity contribution in [3.05, 3.63) is 76.8 Å². The second-order valence-electron chi connectivity index (χ2n) is 15.1. The topological polar surface area (TPSA) is 169 Å². The van der Waals surface area contributed by atoms with Crippen molar-refractivity contribution in [2.24, 2.45) is 16.8 Å². The van der Waals surface area contributed by atoms with Gasteiger partial charge in [-0.25, -0.2) is 9.78 Å². The fourth-order valence-corrected chi connectivity index (χ4v) is 7.41. The molecule has 2 aromatic carbocycles. The average molecular weight is 760 g/mol. The van der Waals surface area contributed by atoms with Crippen LogP contribution < -0.4 is 10.6 Å². The highest BCUT2D eigenvalue weighted by Crippen LogP contribution is 2.33. The number of amides is 4. The summed E-state index contributed by atoms with van der Waals surface area (Å²) in [7, 11) is 1.28.